The van der Waals surface area contributed by atoms with Crippen molar-refractivity contribution < 1.29 is 14.3 Å². The van der Waals surface area contributed by atoms with E-state index in [1.807, 2.05) is 13.0 Å². The number of benzene rings is 1. The van der Waals surface area contributed by atoms with E-state index in [1.54, 1.807) is 4.90 Å². The van der Waals surface area contributed by atoms with Crippen molar-refractivity contribution in [2.75, 3.05) is 26.2 Å². The van der Waals surface area contributed by atoms with Crippen molar-refractivity contribution >= 4 is 11.9 Å². The molecule has 2 heterocycles. The first kappa shape index (κ1) is 18.9. The molecular formula is C21H30N2O3. The third-order valence-electron chi connectivity index (χ3n) is 5.53. The second kappa shape index (κ2) is 9.17. The van der Waals surface area contributed by atoms with E-state index < -0.39 is 6.04 Å². The van der Waals surface area contributed by atoms with Crippen LogP contribution in [0.1, 0.15) is 44.6 Å². The van der Waals surface area contributed by atoms with Gasteiger partial charge in [0, 0.05) is 12.6 Å². The number of rotatable bonds is 6. The number of likely N-dealkylation sites (tertiary alicyclic amines) is 2. The molecule has 5 heteroatoms. The number of hydrogen-bond acceptors (Lipinski definition) is 4. The molecule has 2 aliphatic rings. The summed E-state index contributed by atoms with van der Waals surface area (Å²) in [5.74, 6) is -0.175. The number of esters is 1. The fourth-order valence-corrected chi connectivity index (χ4v) is 4.20. The van der Waals surface area contributed by atoms with Gasteiger partial charge in [0.25, 0.3) is 0 Å². The van der Waals surface area contributed by atoms with Crippen molar-refractivity contribution in [1.29, 1.82) is 0 Å². The van der Waals surface area contributed by atoms with Gasteiger partial charge in [0.1, 0.15) is 6.04 Å². The van der Waals surface area contributed by atoms with E-state index in [-0.39, 0.29) is 11.9 Å². The summed E-state index contributed by atoms with van der Waals surface area (Å²) in [4.78, 5) is 29.2. The van der Waals surface area contributed by atoms with Crippen LogP contribution in [0.15, 0.2) is 30.3 Å². The lowest BCUT2D eigenvalue weighted by Crippen LogP contribution is -2.52. The van der Waals surface area contributed by atoms with Gasteiger partial charge < -0.3 is 9.64 Å². The molecule has 0 spiro atoms. The second-order valence-corrected chi connectivity index (χ2v) is 7.31. The Kier molecular flexibility index (Phi) is 6.67. The normalized spacial score (nSPS) is 23.8. The van der Waals surface area contributed by atoms with Crippen molar-refractivity contribution in [2.24, 2.45) is 0 Å². The van der Waals surface area contributed by atoms with E-state index in [1.165, 1.54) is 5.56 Å². The molecule has 142 valence electrons. The smallest absolute Gasteiger partial charge is 0.328 e. The molecule has 0 radical (unpaired) electrons. The van der Waals surface area contributed by atoms with Crippen molar-refractivity contribution in [1.82, 2.24) is 9.80 Å². The van der Waals surface area contributed by atoms with Crippen LogP contribution in [0.4, 0.5) is 0 Å². The maximum Gasteiger partial charge on any atom is 0.328 e. The predicted octanol–water partition coefficient (Wildman–Crippen LogP) is 2.64. The standard InChI is InChI=1S/C21H30N2O3/c1-2-26-21(25)19-12-6-7-14-23(19)20(24)16-22-13-8-11-18(22)15-17-9-4-3-5-10-17/h3-5,9-10,18-19H,2,6-8,11-16H2,1H3/t18-,19-/m1/s1. The number of hydrogen-bond donors (Lipinski definition) is 0. The van der Waals surface area contributed by atoms with E-state index in [0.29, 0.717) is 25.7 Å². The second-order valence-electron chi connectivity index (χ2n) is 7.31. The summed E-state index contributed by atoms with van der Waals surface area (Å²) in [5.41, 5.74) is 1.32. The summed E-state index contributed by atoms with van der Waals surface area (Å²) in [6, 6.07) is 10.5. The van der Waals surface area contributed by atoms with Crippen LogP contribution in [0, 0.1) is 0 Å². The molecule has 2 aliphatic heterocycles. The van der Waals surface area contributed by atoms with Crippen LogP contribution in [-0.2, 0) is 20.7 Å². The third kappa shape index (κ3) is 4.64. The van der Waals surface area contributed by atoms with Crippen LogP contribution in [0.3, 0.4) is 0 Å². The first-order valence-corrected chi connectivity index (χ1v) is 9.93. The van der Waals surface area contributed by atoms with Crippen LogP contribution in [0.25, 0.3) is 0 Å². The lowest BCUT2D eigenvalue weighted by atomic mass is 10.0. The molecule has 3 rings (SSSR count). The molecule has 0 saturated carbocycles. The Morgan fingerprint density at radius 1 is 1.08 bits per heavy atom. The largest absolute Gasteiger partial charge is 0.464 e. The van der Waals surface area contributed by atoms with Gasteiger partial charge in [-0.25, -0.2) is 4.79 Å². The SMILES string of the molecule is CCOC(=O)[C@H]1CCCCN1C(=O)CN1CCC[C@@H]1Cc1ccccc1. The van der Waals surface area contributed by atoms with Gasteiger partial charge in [0.15, 0.2) is 0 Å². The number of carbonyl (C=O) groups excluding carboxylic acids is 2. The minimum atomic E-state index is -0.397. The average molecular weight is 358 g/mol. The average Bonchev–Trinajstić information content (AvgIpc) is 3.09. The Labute approximate surface area is 156 Å². The molecule has 26 heavy (non-hydrogen) atoms. The quantitative estimate of drug-likeness (QED) is 0.734. The molecule has 5 nitrogen and oxygen atoms in total. The molecule has 1 amide bonds. The lowest BCUT2D eigenvalue weighted by molar-refractivity contribution is -0.157. The first-order valence-electron chi connectivity index (χ1n) is 9.93. The molecule has 2 fully saturated rings. The zero-order valence-electron chi connectivity index (χ0n) is 15.7. The molecule has 0 aromatic heterocycles. The summed E-state index contributed by atoms with van der Waals surface area (Å²) in [5, 5.41) is 0. The number of piperidine rings is 1. The minimum Gasteiger partial charge on any atom is -0.464 e. The third-order valence-corrected chi connectivity index (χ3v) is 5.53. The van der Waals surface area contributed by atoms with Crippen LogP contribution in [-0.4, -0.2) is 60.0 Å². The topological polar surface area (TPSA) is 49.9 Å². The Balaban J connectivity index is 1.61. The van der Waals surface area contributed by atoms with Gasteiger partial charge in [-0.1, -0.05) is 30.3 Å². The van der Waals surface area contributed by atoms with E-state index in [0.717, 1.165) is 45.1 Å². The highest BCUT2D eigenvalue weighted by atomic mass is 16.5. The van der Waals surface area contributed by atoms with E-state index >= 15 is 0 Å². The highest BCUT2D eigenvalue weighted by molar-refractivity contribution is 5.85. The summed E-state index contributed by atoms with van der Waals surface area (Å²) >= 11 is 0. The van der Waals surface area contributed by atoms with E-state index in [2.05, 4.69) is 29.2 Å². The zero-order valence-corrected chi connectivity index (χ0v) is 15.7. The molecule has 1 aromatic rings. The Morgan fingerprint density at radius 3 is 2.65 bits per heavy atom. The molecule has 2 saturated heterocycles. The minimum absolute atomic E-state index is 0.0720. The summed E-state index contributed by atoms with van der Waals surface area (Å²) in [7, 11) is 0. The van der Waals surface area contributed by atoms with Crippen LogP contribution < -0.4 is 0 Å². The van der Waals surface area contributed by atoms with Gasteiger partial charge in [-0.2, -0.15) is 0 Å². The van der Waals surface area contributed by atoms with Crippen LogP contribution >= 0.6 is 0 Å². The van der Waals surface area contributed by atoms with Gasteiger partial charge in [0.05, 0.1) is 13.2 Å². The fourth-order valence-electron chi connectivity index (χ4n) is 4.20. The van der Waals surface area contributed by atoms with Crippen LogP contribution in [0.2, 0.25) is 0 Å². The van der Waals surface area contributed by atoms with Crippen LogP contribution in [0.5, 0.6) is 0 Å². The van der Waals surface area contributed by atoms with Gasteiger partial charge >= 0.3 is 5.97 Å². The molecule has 0 bridgehead atoms. The fraction of sp³-hybridized carbons (Fsp3) is 0.619. The maximum atomic E-state index is 12.9. The number of carbonyl (C=O) groups is 2. The molecule has 0 N–H and O–H groups in total. The Bertz CT molecular complexity index is 605. The Morgan fingerprint density at radius 2 is 1.88 bits per heavy atom. The molecule has 2 atom stereocenters. The first-order chi connectivity index (χ1) is 12.7. The van der Waals surface area contributed by atoms with Crippen molar-refractivity contribution in [3.05, 3.63) is 35.9 Å². The summed E-state index contributed by atoms with van der Waals surface area (Å²) in [6.45, 7) is 4.21. The molecule has 0 unspecified atom stereocenters. The van der Waals surface area contributed by atoms with Crippen molar-refractivity contribution in [3.8, 4) is 0 Å². The Hall–Kier alpha value is -1.88. The molecule has 1 aromatic carbocycles. The van der Waals surface area contributed by atoms with Gasteiger partial charge in [-0.05, 0) is 57.6 Å². The maximum absolute atomic E-state index is 12.9. The number of ether oxygens (including phenoxy) is 1. The lowest BCUT2D eigenvalue weighted by Gasteiger charge is -2.36. The monoisotopic (exact) mass is 358 g/mol. The summed E-state index contributed by atoms with van der Waals surface area (Å²) in [6.07, 6.45) is 5.91. The molecular weight excluding hydrogens is 328 g/mol. The van der Waals surface area contributed by atoms with Crippen molar-refractivity contribution in [2.45, 2.75) is 57.5 Å². The van der Waals surface area contributed by atoms with E-state index in [9.17, 15) is 9.59 Å². The zero-order chi connectivity index (χ0) is 18.4. The van der Waals surface area contributed by atoms with Gasteiger partial charge in [-0.3, -0.25) is 9.69 Å². The highest BCUT2D eigenvalue weighted by Crippen LogP contribution is 2.23. The number of nitrogens with zero attached hydrogens (tertiary/aromatic N) is 2. The number of amides is 1. The van der Waals surface area contributed by atoms with E-state index in [4.69, 9.17) is 4.74 Å². The van der Waals surface area contributed by atoms with Crippen molar-refractivity contribution in [3.63, 3.8) is 0 Å². The summed E-state index contributed by atoms with van der Waals surface area (Å²) < 4.78 is 5.19. The van der Waals surface area contributed by atoms with Gasteiger partial charge in [-0.15, -0.1) is 0 Å². The van der Waals surface area contributed by atoms with Gasteiger partial charge in [0.2, 0.25) is 5.91 Å². The molecule has 0 aliphatic carbocycles. The highest BCUT2D eigenvalue weighted by Gasteiger charge is 2.35. The predicted molar refractivity (Wildman–Crippen MR) is 101 cm³/mol.